The molecular formula is C18H21NO3. The standard InChI is InChI=1S/C18H21NO3/c1-4-12-8-6-9-13(5-2)17(12)19-18(21)16-14(20)10-7-11-15(16)22-3/h6-11,20H,4-5H2,1-3H3,(H,19,21). The van der Waals surface area contributed by atoms with Gasteiger partial charge in [0.2, 0.25) is 0 Å². The number of carbonyl (C=O) groups is 1. The van der Waals surface area contributed by atoms with Crippen molar-refractivity contribution in [3.63, 3.8) is 0 Å². The van der Waals surface area contributed by atoms with Gasteiger partial charge in [0.1, 0.15) is 17.1 Å². The normalized spacial score (nSPS) is 10.3. The highest BCUT2D eigenvalue weighted by atomic mass is 16.5. The van der Waals surface area contributed by atoms with E-state index in [1.165, 1.54) is 13.2 Å². The predicted molar refractivity (Wildman–Crippen MR) is 87.8 cm³/mol. The number of aromatic hydroxyl groups is 1. The lowest BCUT2D eigenvalue weighted by Crippen LogP contribution is -2.16. The summed E-state index contributed by atoms with van der Waals surface area (Å²) in [5.41, 5.74) is 3.12. The third-order valence-electron chi connectivity index (χ3n) is 3.69. The second-order valence-corrected chi connectivity index (χ2v) is 4.97. The number of phenolic OH excluding ortho intramolecular Hbond substituents is 1. The monoisotopic (exact) mass is 299 g/mol. The highest BCUT2D eigenvalue weighted by Gasteiger charge is 2.19. The molecule has 0 bridgehead atoms. The average molecular weight is 299 g/mol. The van der Waals surface area contributed by atoms with Crippen LogP contribution in [0, 0.1) is 0 Å². The average Bonchev–Trinajstić information content (AvgIpc) is 2.54. The molecule has 0 atom stereocenters. The molecule has 0 spiro atoms. The molecule has 2 aromatic rings. The number of rotatable bonds is 5. The summed E-state index contributed by atoms with van der Waals surface area (Å²) < 4.78 is 5.18. The Balaban J connectivity index is 2.42. The maximum atomic E-state index is 12.6. The Bertz CT molecular complexity index is 658. The molecule has 2 rings (SSSR count). The molecule has 0 saturated heterocycles. The van der Waals surface area contributed by atoms with Gasteiger partial charge in [-0.2, -0.15) is 0 Å². The van der Waals surface area contributed by atoms with Crippen molar-refractivity contribution >= 4 is 11.6 Å². The van der Waals surface area contributed by atoms with Crippen molar-refractivity contribution in [1.82, 2.24) is 0 Å². The van der Waals surface area contributed by atoms with Crippen LogP contribution in [0.2, 0.25) is 0 Å². The smallest absolute Gasteiger partial charge is 0.263 e. The second kappa shape index (κ2) is 6.98. The van der Waals surface area contributed by atoms with Crippen LogP contribution in [0.4, 0.5) is 5.69 Å². The van der Waals surface area contributed by atoms with Crippen molar-refractivity contribution in [3.05, 3.63) is 53.1 Å². The molecule has 0 unspecified atom stereocenters. The van der Waals surface area contributed by atoms with E-state index in [0.717, 1.165) is 29.7 Å². The fourth-order valence-electron chi connectivity index (χ4n) is 2.50. The molecule has 0 radical (unpaired) electrons. The van der Waals surface area contributed by atoms with Crippen molar-refractivity contribution in [2.24, 2.45) is 0 Å². The number of benzene rings is 2. The highest BCUT2D eigenvalue weighted by molar-refractivity contribution is 6.08. The zero-order chi connectivity index (χ0) is 16.1. The molecule has 0 saturated carbocycles. The Morgan fingerprint density at radius 1 is 1.09 bits per heavy atom. The van der Waals surface area contributed by atoms with Gasteiger partial charge in [-0.1, -0.05) is 38.1 Å². The van der Waals surface area contributed by atoms with Crippen LogP contribution in [0.5, 0.6) is 11.5 Å². The van der Waals surface area contributed by atoms with Crippen LogP contribution in [0.3, 0.4) is 0 Å². The van der Waals surface area contributed by atoms with Gasteiger partial charge in [0.05, 0.1) is 7.11 Å². The topological polar surface area (TPSA) is 58.6 Å². The fourth-order valence-corrected chi connectivity index (χ4v) is 2.50. The first-order valence-corrected chi connectivity index (χ1v) is 7.40. The Hall–Kier alpha value is -2.49. The second-order valence-electron chi connectivity index (χ2n) is 4.97. The zero-order valence-electron chi connectivity index (χ0n) is 13.1. The van der Waals surface area contributed by atoms with Gasteiger partial charge >= 0.3 is 0 Å². The Morgan fingerprint density at radius 3 is 2.23 bits per heavy atom. The molecule has 0 aliphatic carbocycles. The van der Waals surface area contributed by atoms with Gasteiger partial charge in [-0.3, -0.25) is 4.79 Å². The van der Waals surface area contributed by atoms with E-state index in [9.17, 15) is 9.90 Å². The maximum absolute atomic E-state index is 12.6. The summed E-state index contributed by atoms with van der Waals surface area (Å²) in [4.78, 5) is 12.6. The quantitative estimate of drug-likeness (QED) is 0.883. The fraction of sp³-hybridized carbons (Fsp3) is 0.278. The van der Waals surface area contributed by atoms with E-state index in [-0.39, 0.29) is 17.2 Å². The molecule has 2 N–H and O–H groups in total. The zero-order valence-corrected chi connectivity index (χ0v) is 13.1. The van der Waals surface area contributed by atoms with E-state index in [1.54, 1.807) is 12.1 Å². The van der Waals surface area contributed by atoms with Crippen LogP contribution in [0.1, 0.15) is 35.3 Å². The first-order chi connectivity index (χ1) is 10.6. The van der Waals surface area contributed by atoms with Crippen molar-refractivity contribution in [3.8, 4) is 11.5 Å². The maximum Gasteiger partial charge on any atom is 0.263 e. The van der Waals surface area contributed by atoms with E-state index in [0.29, 0.717) is 5.75 Å². The molecule has 1 amide bonds. The van der Waals surface area contributed by atoms with Gasteiger partial charge in [-0.05, 0) is 36.1 Å². The van der Waals surface area contributed by atoms with Crippen LogP contribution in [-0.2, 0) is 12.8 Å². The van der Waals surface area contributed by atoms with E-state index in [2.05, 4.69) is 5.32 Å². The largest absolute Gasteiger partial charge is 0.507 e. The van der Waals surface area contributed by atoms with E-state index in [4.69, 9.17) is 4.74 Å². The SMILES string of the molecule is CCc1cccc(CC)c1NC(=O)c1c(O)cccc1OC. The highest BCUT2D eigenvalue weighted by Crippen LogP contribution is 2.30. The number of para-hydroxylation sites is 1. The molecule has 4 heteroatoms. The van der Waals surface area contributed by atoms with Crippen LogP contribution in [0.25, 0.3) is 0 Å². The third-order valence-corrected chi connectivity index (χ3v) is 3.69. The number of phenols is 1. The first-order valence-electron chi connectivity index (χ1n) is 7.40. The molecule has 0 fully saturated rings. The van der Waals surface area contributed by atoms with Crippen molar-refractivity contribution in [2.75, 3.05) is 12.4 Å². The van der Waals surface area contributed by atoms with Crippen LogP contribution in [0.15, 0.2) is 36.4 Å². The summed E-state index contributed by atoms with van der Waals surface area (Å²) in [6.07, 6.45) is 1.64. The molecule has 0 heterocycles. The molecular weight excluding hydrogens is 278 g/mol. The first kappa shape index (κ1) is 15.9. The van der Waals surface area contributed by atoms with Gasteiger partial charge in [0.25, 0.3) is 5.91 Å². The minimum Gasteiger partial charge on any atom is -0.507 e. The van der Waals surface area contributed by atoms with Crippen LogP contribution in [-0.4, -0.2) is 18.1 Å². The molecule has 0 aliphatic rings. The lowest BCUT2D eigenvalue weighted by molar-refractivity contribution is 0.102. The number of ether oxygens (including phenoxy) is 1. The van der Waals surface area contributed by atoms with Crippen molar-refractivity contribution < 1.29 is 14.6 Å². The molecule has 0 aromatic heterocycles. The Labute approximate surface area is 130 Å². The van der Waals surface area contributed by atoms with Gasteiger partial charge in [0, 0.05) is 5.69 Å². The minimum absolute atomic E-state index is 0.0936. The number of hydrogen-bond donors (Lipinski definition) is 2. The lowest BCUT2D eigenvalue weighted by atomic mass is 10.0. The van der Waals surface area contributed by atoms with Gasteiger partial charge in [-0.15, -0.1) is 0 Å². The number of amides is 1. The van der Waals surface area contributed by atoms with E-state index >= 15 is 0 Å². The van der Waals surface area contributed by atoms with E-state index in [1.807, 2.05) is 32.0 Å². The molecule has 0 aliphatic heterocycles. The summed E-state index contributed by atoms with van der Waals surface area (Å²) in [5.74, 6) is -0.112. The molecule has 116 valence electrons. The summed E-state index contributed by atoms with van der Waals surface area (Å²) in [6, 6.07) is 10.8. The molecule has 4 nitrogen and oxygen atoms in total. The Kier molecular flexibility index (Phi) is 5.04. The van der Waals surface area contributed by atoms with E-state index < -0.39 is 0 Å². The third kappa shape index (κ3) is 3.06. The Morgan fingerprint density at radius 2 is 1.68 bits per heavy atom. The van der Waals surface area contributed by atoms with Crippen molar-refractivity contribution in [1.29, 1.82) is 0 Å². The number of hydrogen-bond acceptors (Lipinski definition) is 3. The molecule has 22 heavy (non-hydrogen) atoms. The number of methoxy groups -OCH3 is 1. The lowest BCUT2D eigenvalue weighted by Gasteiger charge is -2.16. The number of anilines is 1. The number of aryl methyl sites for hydroxylation is 2. The summed E-state index contributed by atoms with van der Waals surface area (Å²) in [7, 11) is 1.48. The summed E-state index contributed by atoms with van der Waals surface area (Å²) in [5, 5.41) is 12.9. The van der Waals surface area contributed by atoms with Crippen LogP contribution < -0.4 is 10.1 Å². The van der Waals surface area contributed by atoms with Crippen LogP contribution >= 0.6 is 0 Å². The predicted octanol–water partition coefficient (Wildman–Crippen LogP) is 3.78. The van der Waals surface area contributed by atoms with Crippen molar-refractivity contribution in [2.45, 2.75) is 26.7 Å². The van der Waals surface area contributed by atoms with Gasteiger partial charge in [-0.25, -0.2) is 0 Å². The molecule has 2 aromatic carbocycles. The summed E-state index contributed by atoms with van der Waals surface area (Å²) in [6.45, 7) is 4.09. The van der Waals surface area contributed by atoms with Gasteiger partial charge < -0.3 is 15.2 Å². The summed E-state index contributed by atoms with van der Waals surface area (Å²) >= 11 is 0. The minimum atomic E-state index is -0.370. The number of carbonyl (C=O) groups excluding carboxylic acids is 1. The van der Waals surface area contributed by atoms with Gasteiger partial charge in [0.15, 0.2) is 0 Å². The number of nitrogens with one attached hydrogen (secondary N) is 1.